The van der Waals surface area contributed by atoms with Crippen molar-refractivity contribution in [3.8, 4) is 11.9 Å². The third-order valence-corrected chi connectivity index (χ3v) is 4.20. The first-order valence-corrected chi connectivity index (χ1v) is 8.16. The van der Waals surface area contributed by atoms with Gasteiger partial charge in [-0.3, -0.25) is 4.79 Å². The van der Waals surface area contributed by atoms with Crippen LogP contribution in [0.2, 0.25) is 0 Å². The second-order valence-corrected chi connectivity index (χ2v) is 6.01. The van der Waals surface area contributed by atoms with Crippen molar-refractivity contribution in [2.45, 2.75) is 37.8 Å². The van der Waals surface area contributed by atoms with Crippen LogP contribution in [0.4, 0.5) is 0 Å². The lowest BCUT2D eigenvalue weighted by Crippen LogP contribution is -2.40. The molecular weight excluding hydrogens is 320 g/mol. The van der Waals surface area contributed by atoms with Crippen molar-refractivity contribution in [3.05, 3.63) is 59.2 Å². The number of amides is 1. The summed E-state index contributed by atoms with van der Waals surface area (Å²) in [6.07, 6.45) is 7.37. The summed E-state index contributed by atoms with van der Waals surface area (Å²) in [5, 5.41) is 23.0. The fourth-order valence-electron chi connectivity index (χ4n) is 2.87. The molecule has 1 aliphatic rings. The number of hydrogen-bond acceptors (Lipinski definition) is 5. The lowest BCUT2D eigenvalue weighted by Gasteiger charge is -2.29. The van der Waals surface area contributed by atoms with Gasteiger partial charge in [-0.2, -0.15) is 9.99 Å². The normalized spacial score (nSPS) is 19.6. The highest BCUT2D eigenvalue weighted by Crippen LogP contribution is 2.23. The smallest absolute Gasteiger partial charge is 0.257 e. The average Bonchev–Trinajstić information content (AvgIpc) is 2.64. The molecule has 0 spiro atoms. The molecule has 25 heavy (non-hydrogen) atoms. The van der Waals surface area contributed by atoms with Crippen molar-refractivity contribution < 1.29 is 14.3 Å². The molecule has 2 aromatic rings. The first kappa shape index (κ1) is 16.7. The highest BCUT2D eigenvalue weighted by Gasteiger charge is 2.24. The van der Waals surface area contributed by atoms with E-state index in [0.717, 1.165) is 25.7 Å². The van der Waals surface area contributed by atoms with Crippen molar-refractivity contribution in [1.82, 2.24) is 10.3 Å². The van der Waals surface area contributed by atoms with Gasteiger partial charge in [0.15, 0.2) is 12.4 Å². The number of nitrogens with one attached hydrogen (secondary N) is 1. The molecule has 0 aliphatic heterocycles. The molecule has 1 amide bonds. The highest BCUT2D eigenvalue weighted by atomic mass is 16.5. The fraction of sp³-hybridized carbons (Fsp3) is 0.333. The predicted molar refractivity (Wildman–Crippen MR) is 88.5 cm³/mol. The second kappa shape index (κ2) is 7.62. The Morgan fingerprint density at radius 2 is 2.12 bits per heavy atom. The zero-order chi connectivity index (χ0) is 17.6. The van der Waals surface area contributed by atoms with Crippen LogP contribution in [0.1, 0.15) is 41.6 Å². The van der Waals surface area contributed by atoms with E-state index < -0.39 is 0 Å². The minimum absolute atomic E-state index is 0.0501. The van der Waals surface area contributed by atoms with Gasteiger partial charge < -0.3 is 15.3 Å². The van der Waals surface area contributed by atoms with Crippen LogP contribution >= 0.6 is 0 Å². The van der Waals surface area contributed by atoms with Crippen LogP contribution in [-0.2, 0) is 0 Å². The van der Waals surface area contributed by atoms with Gasteiger partial charge in [0.25, 0.3) is 5.91 Å². The number of hydrogen-bond donors (Lipinski definition) is 1. The van der Waals surface area contributed by atoms with Crippen molar-refractivity contribution in [3.63, 3.8) is 0 Å². The molecule has 7 nitrogen and oxygen atoms in total. The summed E-state index contributed by atoms with van der Waals surface area (Å²) in [7, 11) is 0. The molecule has 0 radical (unpaired) electrons. The van der Waals surface area contributed by atoms with Gasteiger partial charge >= 0.3 is 0 Å². The Morgan fingerprint density at radius 3 is 2.76 bits per heavy atom. The largest absolute Gasteiger partial charge is 0.619 e. The quantitative estimate of drug-likeness (QED) is 0.675. The van der Waals surface area contributed by atoms with E-state index in [9.17, 15) is 10.0 Å². The molecule has 2 aromatic heterocycles. The fourth-order valence-corrected chi connectivity index (χ4v) is 2.87. The maximum Gasteiger partial charge on any atom is 0.257 e. The zero-order valence-corrected chi connectivity index (χ0v) is 13.6. The third-order valence-electron chi connectivity index (χ3n) is 4.20. The summed E-state index contributed by atoms with van der Waals surface area (Å²) in [5.41, 5.74) is 0.858. The van der Waals surface area contributed by atoms with Crippen LogP contribution in [0, 0.1) is 16.5 Å². The minimum atomic E-state index is -0.233. The van der Waals surface area contributed by atoms with E-state index in [1.807, 2.05) is 6.07 Å². The van der Waals surface area contributed by atoms with Gasteiger partial charge in [0.1, 0.15) is 17.7 Å². The Morgan fingerprint density at radius 1 is 1.32 bits per heavy atom. The number of carbonyl (C=O) groups is 1. The molecule has 1 aliphatic carbocycles. The van der Waals surface area contributed by atoms with Crippen molar-refractivity contribution >= 4 is 5.91 Å². The van der Waals surface area contributed by atoms with Gasteiger partial charge in [-0.1, -0.05) is 0 Å². The van der Waals surface area contributed by atoms with E-state index in [1.165, 1.54) is 18.6 Å². The highest BCUT2D eigenvalue weighted by molar-refractivity contribution is 5.93. The maximum atomic E-state index is 12.2. The summed E-state index contributed by atoms with van der Waals surface area (Å²) in [6, 6.07) is 8.63. The zero-order valence-electron chi connectivity index (χ0n) is 13.6. The molecule has 0 saturated heterocycles. The SMILES string of the molecule is N#Cc1ccc(OC2CCC(NC(=O)c3ccc[n+]([O-])c3)CC2)nc1. The predicted octanol–water partition coefficient (Wildman–Crippen LogP) is 1.71. The molecule has 0 atom stereocenters. The molecule has 0 aromatic carbocycles. The molecule has 1 N–H and O–H groups in total. The number of nitriles is 1. The molecule has 128 valence electrons. The Labute approximate surface area is 145 Å². The molecule has 2 heterocycles. The van der Waals surface area contributed by atoms with Gasteiger partial charge in [0.2, 0.25) is 5.88 Å². The molecular formula is C18H18N4O3. The van der Waals surface area contributed by atoms with Gasteiger partial charge in [0, 0.05) is 24.4 Å². The molecule has 7 heteroatoms. The van der Waals surface area contributed by atoms with Crippen molar-refractivity contribution in [2.24, 2.45) is 0 Å². The minimum Gasteiger partial charge on any atom is -0.619 e. The number of pyridine rings is 2. The summed E-state index contributed by atoms with van der Waals surface area (Å²) in [5.74, 6) is 0.277. The first-order valence-electron chi connectivity index (χ1n) is 8.16. The van der Waals surface area contributed by atoms with Gasteiger partial charge in [-0.25, -0.2) is 4.98 Å². The summed E-state index contributed by atoms with van der Waals surface area (Å²) < 4.78 is 6.45. The lowest BCUT2D eigenvalue weighted by atomic mass is 9.92. The van der Waals surface area contributed by atoms with Gasteiger partial charge in [-0.05, 0) is 37.8 Å². The topological polar surface area (TPSA) is 102 Å². The maximum absolute atomic E-state index is 12.2. The van der Waals surface area contributed by atoms with Crippen LogP contribution in [0.25, 0.3) is 0 Å². The Balaban J connectivity index is 1.48. The van der Waals surface area contributed by atoms with Crippen molar-refractivity contribution in [2.75, 3.05) is 0 Å². The van der Waals surface area contributed by atoms with Crippen LogP contribution < -0.4 is 14.8 Å². The van der Waals surface area contributed by atoms with Crippen LogP contribution in [0.3, 0.4) is 0 Å². The van der Waals surface area contributed by atoms with E-state index in [4.69, 9.17) is 10.00 Å². The molecule has 0 bridgehead atoms. The number of rotatable bonds is 4. The third kappa shape index (κ3) is 4.44. The Kier molecular flexibility index (Phi) is 5.09. The standard InChI is InChI=1S/C18H18N4O3/c19-10-13-3-8-17(20-11-13)25-16-6-4-15(5-7-16)21-18(23)14-2-1-9-22(24)12-14/h1-3,8-9,11-12,15-16H,4-7H2,(H,21,23). The summed E-state index contributed by atoms with van der Waals surface area (Å²) in [6.45, 7) is 0. The van der Waals surface area contributed by atoms with Crippen molar-refractivity contribution in [1.29, 1.82) is 5.26 Å². The summed E-state index contributed by atoms with van der Waals surface area (Å²) in [4.78, 5) is 16.3. The van der Waals surface area contributed by atoms with E-state index >= 15 is 0 Å². The van der Waals surface area contributed by atoms with E-state index in [0.29, 0.717) is 21.7 Å². The number of carbonyl (C=O) groups excluding carboxylic acids is 1. The first-order chi connectivity index (χ1) is 12.1. The number of nitrogens with zero attached hydrogens (tertiary/aromatic N) is 3. The second-order valence-electron chi connectivity index (χ2n) is 6.01. The monoisotopic (exact) mass is 338 g/mol. The average molecular weight is 338 g/mol. The van der Waals surface area contributed by atoms with Crippen LogP contribution in [-0.4, -0.2) is 23.0 Å². The Hall–Kier alpha value is -3.14. The Bertz CT molecular complexity index is 778. The van der Waals surface area contributed by atoms with Crippen LogP contribution in [0.5, 0.6) is 5.88 Å². The molecule has 0 unspecified atom stereocenters. The van der Waals surface area contributed by atoms with E-state index in [1.54, 1.807) is 24.3 Å². The molecule has 3 rings (SSSR count). The van der Waals surface area contributed by atoms with E-state index in [-0.39, 0.29) is 18.1 Å². The lowest BCUT2D eigenvalue weighted by molar-refractivity contribution is -0.605. The van der Waals surface area contributed by atoms with Crippen LogP contribution in [0.15, 0.2) is 42.9 Å². The molecule has 1 fully saturated rings. The van der Waals surface area contributed by atoms with Gasteiger partial charge in [-0.15, -0.1) is 0 Å². The van der Waals surface area contributed by atoms with Gasteiger partial charge in [0.05, 0.1) is 5.56 Å². The molecule has 1 saturated carbocycles. The van der Waals surface area contributed by atoms with E-state index in [2.05, 4.69) is 10.3 Å². The number of aromatic nitrogens is 2. The number of ether oxygens (including phenoxy) is 1. The summed E-state index contributed by atoms with van der Waals surface area (Å²) >= 11 is 0.